The third kappa shape index (κ3) is 5.10. The summed E-state index contributed by atoms with van der Waals surface area (Å²) >= 11 is 1.79. The van der Waals surface area contributed by atoms with Crippen molar-refractivity contribution < 1.29 is 9.90 Å². The zero-order valence-electron chi connectivity index (χ0n) is 11.0. The Kier molecular flexibility index (Phi) is 6.83. The molecule has 1 aromatic carbocycles. The van der Waals surface area contributed by atoms with Crippen molar-refractivity contribution in [1.29, 1.82) is 0 Å². The molecule has 1 aromatic rings. The molecule has 0 aliphatic carbocycles. The molecule has 18 heavy (non-hydrogen) atoms. The minimum atomic E-state index is -0.756. The third-order valence-corrected chi connectivity index (χ3v) is 3.86. The van der Waals surface area contributed by atoms with Gasteiger partial charge in [-0.25, -0.2) is 0 Å². The Hall–Kier alpha value is -1.00. The summed E-state index contributed by atoms with van der Waals surface area (Å²) in [7, 11) is 0. The van der Waals surface area contributed by atoms with Crippen molar-refractivity contribution in [2.45, 2.75) is 32.1 Å². The number of hydrogen-bond acceptors (Lipinski definition) is 3. The maximum atomic E-state index is 10.9. The van der Waals surface area contributed by atoms with E-state index in [4.69, 9.17) is 5.11 Å². The molecule has 0 bridgehead atoms. The van der Waals surface area contributed by atoms with Crippen LogP contribution in [-0.4, -0.2) is 29.4 Å². The van der Waals surface area contributed by atoms with Crippen LogP contribution in [0.1, 0.15) is 24.5 Å². The van der Waals surface area contributed by atoms with Gasteiger partial charge in [-0.05, 0) is 36.8 Å². The first kappa shape index (κ1) is 15.1. The molecule has 2 N–H and O–H groups in total. The van der Waals surface area contributed by atoms with Crippen LogP contribution in [0.3, 0.4) is 0 Å². The number of thioether (sulfide) groups is 1. The van der Waals surface area contributed by atoms with E-state index in [1.54, 1.807) is 11.8 Å². The number of rotatable bonds is 8. The second-order valence-corrected chi connectivity index (χ2v) is 5.32. The predicted molar refractivity (Wildman–Crippen MR) is 77.1 cm³/mol. The summed E-state index contributed by atoms with van der Waals surface area (Å²) < 4.78 is 0. The molecule has 1 atom stereocenters. The van der Waals surface area contributed by atoms with Crippen molar-refractivity contribution in [2.75, 3.05) is 12.3 Å². The Balaban J connectivity index is 2.30. The number of hydrogen-bond donors (Lipinski definition) is 2. The summed E-state index contributed by atoms with van der Waals surface area (Å²) in [6.07, 6.45) is 0.666. The largest absolute Gasteiger partial charge is 0.480 e. The van der Waals surface area contributed by atoms with Gasteiger partial charge in [0.05, 0.1) is 0 Å². The number of aliphatic carboxylic acids is 1. The molecule has 0 fully saturated rings. The van der Waals surface area contributed by atoms with E-state index < -0.39 is 12.0 Å². The molecule has 3 nitrogen and oxygen atoms in total. The Morgan fingerprint density at radius 1 is 1.44 bits per heavy atom. The second-order valence-electron chi connectivity index (χ2n) is 4.22. The van der Waals surface area contributed by atoms with E-state index >= 15 is 0 Å². The van der Waals surface area contributed by atoms with Crippen molar-refractivity contribution in [3.63, 3.8) is 0 Å². The molecule has 1 rings (SSSR count). The van der Waals surface area contributed by atoms with Crippen LogP contribution < -0.4 is 5.32 Å². The summed E-state index contributed by atoms with van der Waals surface area (Å²) in [5.74, 6) is 1.05. The highest BCUT2D eigenvalue weighted by Crippen LogP contribution is 2.17. The van der Waals surface area contributed by atoms with E-state index in [9.17, 15) is 4.79 Å². The molecule has 0 aliphatic rings. The third-order valence-electron chi connectivity index (χ3n) is 2.82. The Labute approximate surface area is 113 Å². The fourth-order valence-corrected chi connectivity index (χ4v) is 2.81. The second kappa shape index (κ2) is 8.16. The van der Waals surface area contributed by atoms with Gasteiger partial charge in [0.25, 0.3) is 0 Å². The highest BCUT2D eigenvalue weighted by atomic mass is 32.2. The first-order valence-electron chi connectivity index (χ1n) is 6.23. The molecule has 0 saturated heterocycles. The van der Waals surface area contributed by atoms with Gasteiger partial charge in [-0.1, -0.05) is 31.2 Å². The van der Waals surface area contributed by atoms with E-state index in [1.165, 1.54) is 11.1 Å². The van der Waals surface area contributed by atoms with Crippen LogP contribution in [0.2, 0.25) is 0 Å². The van der Waals surface area contributed by atoms with Gasteiger partial charge in [-0.2, -0.15) is 11.8 Å². The number of nitrogens with one attached hydrogen (secondary N) is 1. The molecular formula is C14H21NO2S. The molecule has 0 radical (unpaired) electrons. The van der Waals surface area contributed by atoms with E-state index in [2.05, 4.69) is 24.4 Å². The standard InChI is InChI=1S/C14H21NO2S/c1-3-15-13(14(16)17)8-9-18-10-12-7-5-4-6-11(12)2/h4-7,13,15H,3,8-10H2,1-2H3,(H,16,17). The van der Waals surface area contributed by atoms with Gasteiger partial charge in [-0.15, -0.1) is 0 Å². The van der Waals surface area contributed by atoms with Crippen LogP contribution in [0.5, 0.6) is 0 Å². The topological polar surface area (TPSA) is 49.3 Å². The van der Waals surface area contributed by atoms with Gasteiger partial charge < -0.3 is 10.4 Å². The number of carbonyl (C=O) groups is 1. The molecule has 0 heterocycles. The summed E-state index contributed by atoms with van der Waals surface area (Å²) in [6, 6.07) is 7.89. The lowest BCUT2D eigenvalue weighted by molar-refractivity contribution is -0.139. The molecule has 1 unspecified atom stereocenters. The fraction of sp³-hybridized carbons (Fsp3) is 0.500. The number of benzene rings is 1. The summed E-state index contributed by atoms with van der Waals surface area (Å²) in [5.41, 5.74) is 2.63. The van der Waals surface area contributed by atoms with Crippen LogP contribution in [0.25, 0.3) is 0 Å². The van der Waals surface area contributed by atoms with E-state index in [1.807, 2.05) is 19.1 Å². The van der Waals surface area contributed by atoms with Gasteiger partial charge in [0.15, 0.2) is 0 Å². The number of carboxylic acid groups (broad SMARTS) is 1. The minimum absolute atomic E-state index is 0.417. The van der Waals surface area contributed by atoms with Gasteiger partial charge in [0, 0.05) is 5.75 Å². The van der Waals surface area contributed by atoms with Crippen molar-refractivity contribution in [3.8, 4) is 0 Å². The van der Waals surface area contributed by atoms with Gasteiger partial charge >= 0.3 is 5.97 Å². The number of likely N-dealkylation sites (N-methyl/N-ethyl adjacent to an activating group) is 1. The van der Waals surface area contributed by atoms with Crippen molar-refractivity contribution in [3.05, 3.63) is 35.4 Å². The van der Waals surface area contributed by atoms with Gasteiger partial charge in [0.1, 0.15) is 6.04 Å². The Morgan fingerprint density at radius 3 is 2.78 bits per heavy atom. The smallest absolute Gasteiger partial charge is 0.320 e. The SMILES string of the molecule is CCNC(CCSCc1ccccc1C)C(=O)O. The molecule has 4 heteroatoms. The maximum Gasteiger partial charge on any atom is 0.320 e. The van der Waals surface area contributed by atoms with Crippen LogP contribution in [0, 0.1) is 6.92 Å². The lowest BCUT2D eigenvalue weighted by Crippen LogP contribution is -2.36. The Morgan fingerprint density at radius 2 is 2.17 bits per heavy atom. The van der Waals surface area contributed by atoms with E-state index in [-0.39, 0.29) is 0 Å². The van der Waals surface area contributed by atoms with E-state index in [0.29, 0.717) is 13.0 Å². The van der Waals surface area contributed by atoms with Crippen LogP contribution >= 0.6 is 11.8 Å². The monoisotopic (exact) mass is 267 g/mol. The van der Waals surface area contributed by atoms with Gasteiger partial charge in [-0.3, -0.25) is 4.79 Å². The lowest BCUT2D eigenvalue weighted by Gasteiger charge is -2.12. The number of aryl methyl sites for hydroxylation is 1. The number of carboxylic acids is 1. The molecule has 0 aromatic heterocycles. The quantitative estimate of drug-likeness (QED) is 0.711. The lowest BCUT2D eigenvalue weighted by atomic mass is 10.1. The molecule has 0 spiro atoms. The predicted octanol–water partition coefficient (Wildman–Crippen LogP) is 2.68. The molecule has 100 valence electrons. The van der Waals surface area contributed by atoms with E-state index in [0.717, 1.165) is 11.5 Å². The van der Waals surface area contributed by atoms with Crippen LogP contribution in [-0.2, 0) is 10.5 Å². The molecule has 0 amide bonds. The van der Waals surface area contributed by atoms with Crippen molar-refractivity contribution in [2.24, 2.45) is 0 Å². The molecule has 0 saturated carbocycles. The highest BCUT2D eigenvalue weighted by molar-refractivity contribution is 7.98. The average molecular weight is 267 g/mol. The summed E-state index contributed by atoms with van der Waals surface area (Å²) in [4.78, 5) is 10.9. The average Bonchev–Trinajstić information content (AvgIpc) is 2.35. The highest BCUT2D eigenvalue weighted by Gasteiger charge is 2.14. The minimum Gasteiger partial charge on any atom is -0.480 e. The van der Waals surface area contributed by atoms with Crippen LogP contribution in [0.15, 0.2) is 24.3 Å². The van der Waals surface area contributed by atoms with Crippen LogP contribution in [0.4, 0.5) is 0 Å². The van der Waals surface area contributed by atoms with Crippen molar-refractivity contribution >= 4 is 17.7 Å². The zero-order chi connectivity index (χ0) is 13.4. The first-order chi connectivity index (χ1) is 8.65. The zero-order valence-corrected chi connectivity index (χ0v) is 11.8. The summed E-state index contributed by atoms with van der Waals surface area (Å²) in [5, 5.41) is 12.0. The summed E-state index contributed by atoms with van der Waals surface area (Å²) in [6.45, 7) is 4.73. The molecule has 0 aliphatic heterocycles. The Bertz CT molecular complexity index is 382. The first-order valence-corrected chi connectivity index (χ1v) is 7.39. The van der Waals surface area contributed by atoms with Gasteiger partial charge in [0.2, 0.25) is 0 Å². The maximum absolute atomic E-state index is 10.9. The van der Waals surface area contributed by atoms with Crippen molar-refractivity contribution in [1.82, 2.24) is 5.32 Å². The molecular weight excluding hydrogens is 246 g/mol. The normalized spacial score (nSPS) is 12.3. The fourth-order valence-electron chi connectivity index (χ4n) is 1.71.